The Morgan fingerprint density at radius 2 is 1.86 bits per heavy atom. The number of nitrogens with two attached hydrogens (primary N) is 1. The molecule has 0 spiro atoms. The third-order valence-electron chi connectivity index (χ3n) is 4.62. The zero-order valence-electron chi connectivity index (χ0n) is 12.7. The second-order valence-electron chi connectivity index (χ2n) is 6.20. The van der Waals surface area contributed by atoms with Gasteiger partial charge in [0.05, 0.1) is 10.7 Å². The van der Waals surface area contributed by atoms with E-state index in [4.69, 9.17) is 10.7 Å². The number of anilines is 1. The summed E-state index contributed by atoms with van der Waals surface area (Å²) in [5.74, 6) is 1.65. The first-order chi connectivity index (χ1) is 10.3. The molecule has 0 aliphatic heterocycles. The predicted molar refractivity (Wildman–Crippen MR) is 91.6 cm³/mol. The fourth-order valence-electron chi connectivity index (χ4n) is 3.37. The number of rotatable bonds is 4. The normalized spacial score (nSPS) is 22.3. The molecule has 1 aromatic carbocycles. The minimum absolute atomic E-state index is 0.686. The second-order valence-corrected chi connectivity index (χ2v) is 7.09. The van der Waals surface area contributed by atoms with Crippen molar-refractivity contribution in [2.75, 3.05) is 5.73 Å². The van der Waals surface area contributed by atoms with Gasteiger partial charge in [0, 0.05) is 22.5 Å². The van der Waals surface area contributed by atoms with Crippen molar-refractivity contribution in [1.82, 2.24) is 4.98 Å². The van der Waals surface area contributed by atoms with Gasteiger partial charge in [-0.25, -0.2) is 4.98 Å². The summed E-state index contributed by atoms with van der Waals surface area (Å²) in [5.41, 5.74) is 8.83. The Bertz CT molecular complexity index is 565. The minimum Gasteiger partial charge on any atom is -0.399 e. The molecule has 0 bridgehead atoms. The van der Waals surface area contributed by atoms with Crippen molar-refractivity contribution in [1.29, 1.82) is 0 Å². The minimum atomic E-state index is 0.686. The molecule has 1 aliphatic carbocycles. The maximum Gasteiger partial charge on any atom is 0.0963 e. The lowest BCUT2D eigenvalue weighted by molar-refractivity contribution is 0.308. The molecule has 112 valence electrons. The highest BCUT2D eigenvalue weighted by molar-refractivity contribution is 7.10. The van der Waals surface area contributed by atoms with Crippen LogP contribution in [0.1, 0.15) is 56.4 Å². The summed E-state index contributed by atoms with van der Waals surface area (Å²) < 4.78 is 0. The Hall–Kier alpha value is -1.35. The van der Waals surface area contributed by atoms with E-state index in [-0.39, 0.29) is 0 Å². The lowest BCUT2D eigenvalue weighted by Gasteiger charge is -2.26. The summed E-state index contributed by atoms with van der Waals surface area (Å²) >= 11 is 1.83. The van der Waals surface area contributed by atoms with E-state index in [2.05, 4.69) is 24.4 Å². The monoisotopic (exact) mass is 300 g/mol. The molecule has 1 heterocycles. The number of benzene rings is 1. The lowest BCUT2D eigenvalue weighted by Crippen LogP contribution is -2.13. The molecule has 2 aromatic rings. The lowest BCUT2D eigenvalue weighted by atomic mass is 9.80. The highest BCUT2D eigenvalue weighted by Gasteiger charge is 2.24. The molecule has 2 N–H and O–H groups in total. The van der Waals surface area contributed by atoms with E-state index in [1.54, 1.807) is 0 Å². The molecular weight excluding hydrogens is 276 g/mol. The third-order valence-corrected chi connectivity index (χ3v) is 5.63. The fourth-order valence-corrected chi connectivity index (χ4v) is 4.37. The SMILES string of the molecule is CCCC1CCC(c2nc(-c3ccc(N)cc3)cs2)CC1. The summed E-state index contributed by atoms with van der Waals surface area (Å²) in [4.78, 5) is 4.88. The summed E-state index contributed by atoms with van der Waals surface area (Å²) in [5, 5.41) is 3.52. The van der Waals surface area contributed by atoms with Gasteiger partial charge in [0.2, 0.25) is 0 Å². The number of nitrogens with zero attached hydrogens (tertiary/aromatic N) is 1. The smallest absolute Gasteiger partial charge is 0.0963 e. The van der Waals surface area contributed by atoms with Crippen molar-refractivity contribution < 1.29 is 0 Å². The largest absolute Gasteiger partial charge is 0.399 e. The first-order valence-corrected chi connectivity index (χ1v) is 8.95. The predicted octanol–water partition coefficient (Wildman–Crippen LogP) is 5.47. The van der Waals surface area contributed by atoms with Crippen LogP contribution in [-0.2, 0) is 0 Å². The Morgan fingerprint density at radius 3 is 2.52 bits per heavy atom. The Morgan fingerprint density at radius 1 is 1.14 bits per heavy atom. The first kappa shape index (κ1) is 14.6. The van der Waals surface area contributed by atoms with Crippen LogP contribution in [0.15, 0.2) is 29.6 Å². The van der Waals surface area contributed by atoms with Crippen LogP contribution in [0.25, 0.3) is 11.3 Å². The number of aromatic nitrogens is 1. The average Bonchev–Trinajstić information content (AvgIpc) is 2.99. The van der Waals surface area contributed by atoms with E-state index in [1.807, 2.05) is 23.5 Å². The van der Waals surface area contributed by atoms with Gasteiger partial charge in [0.1, 0.15) is 0 Å². The van der Waals surface area contributed by atoms with Crippen LogP contribution in [0.4, 0.5) is 5.69 Å². The van der Waals surface area contributed by atoms with Crippen molar-refractivity contribution >= 4 is 17.0 Å². The van der Waals surface area contributed by atoms with E-state index >= 15 is 0 Å². The van der Waals surface area contributed by atoms with Crippen LogP contribution in [0, 0.1) is 5.92 Å². The topological polar surface area (TPSA) is 38.9 Å². The third kappa shape index (κ3) is 3.46. The van der Waals surface area contributed by atoms with E-state index in [1.165, 1.54) is 49.1 Å². The van der Waals surface area contributed by atoms with Gasteiger partial charge in [-0.05, 0) is 43.7 Å². The van der Waals surface area contributed by atoms with Gasteiger partial charge < -0.3 is 5.73 Å². The van der Waals surface area contributed by atoms with Crippen LogP contribution >= 0.6 is 11.3 Å². The molecule has 0 saturated heterocycles. The molecule has 0 unspecified atom stereocenters. The molecule has 2 nitrogen and oxygen atoms in total. The molecule has 21 heavy (non-hydrogen) atoms. The summed E-state index contributed by atoms with van der Waals surface area (Å²) in [7, 11) is 0. The van der Waals surface area contributed by atoms with Gasteiger partial charge in [0.25, 0.3) is 0 Å². The van der Waals surface area contributed by atoms with E-state index < -0.39 is 0 Å². The van der Waals surface area contributed by atoms with Gasteiger partial charge in [-0.3, -0.25) is 0 Å². The van der Waals surface area contributed by atoms with Crippen molar-refractivity contribution in [2.24, 2.45) is 5.92 Å². The Kier molecular flexibility index (Phi) is 4.59. The zero-order valence-corrected chi connectivity index (χ0v) is 13.5. The zero-order chi connectivity index (χ0) is 14.7. The van der Waals surface area contributed by atoms with Gasteiger partial charge in [0.15, 0.2) is 0 Å². The number of hydrogen-bond donors (Lipinski definition) is 1. The van der Waals surface area contributed by atoms with E-state index in [0.29, 0.717) is 5.92 Å². The highest BCUT2D eigenvalue weighted by Crippen LogP contribution is 2.39. The second kappa shape index (κ2) is 6.61. The molecule has 1 fully saturated rings. The van der Waals surface area contributed by atoms with Crippen LogP contribution in [0.3, 0.4) is 0 Å². The van der Waals surface area contributed by atoms with Gasteiger partial charge >= 0.3 is 0 Å². The molecule has 1 saturated carbocycles. The van der Waals surface area contributed by atoms with E-state index in [0.717, 1.165) is 17.3 Å². The summed E-state index contributed by atoms with van der Waals surface area (Å²) in [6, 6.07) is 8.02. The molecule has 1 aromatic heterocycles. The van der Waals surface area contributed by atoms with Gasteiger partial charge in [-0.2, -0.15) is 0 Å². The quantitative estimate of drug-likeness (QED) is 0.761. The standard InChI is InChI=1S/C18H24N2S/c1-2-3-13-4-6-15(7-5-13)18-20-17(12-21-18)14-8-10-16(19)11-9-14/h8-13,15H,2-7,19H2,1H3. The Balaban J connectivity index is 1.67. The number of nitrogen functional groups attached to an aromatic ring is 1. The molecular formula is C18H24N2S. The van der Waals surface area contributed by atoms with Crippen LogP contribution in [0.5, 0.6) is 0 Å². The van der Waals surface area contributed by atoms with Crippen LogP contribution < -0.4 is 5.73 Å². The summed E-state index contributed by atoms with van der Waals surface area (Å²) in [6.07, 6.45) is 8.14. The maximum atomic E-state index is 5.75. The average molecular weight is 300 g/mol. The Labute approximate surface area is 131 Å². The van der Waals surface area contributed by atoms with Crippen LogP contribution in [0.2, 0.25) is 0 Å². The van der Waals surface area contributed by atoms with Gasteiger partial charge in [-0.1, -0.05) is 31.9 Å². The summed E-state index contributed by atoms with van der Waals surface area (Å²) in [6.45, 7) is 2.30. The van der Waals surface area contributed by atoms with Crippen LogP contribution in [-0.4, -0.2) is 4.98 Å². The molecule has 3 heteroatoms. The van der Waals surface area contributed by atoms with Crippen molar-refractivity contribution in [2.45, 2.75) is 51.4 Å². The van der Waals surface area contributed by atoms with Crippen molar-refractivity contribution in [3.05, 3.63) is 34.7 Å². The van der Waals surface area contributed by atoms with Gasteiger partial charge in [-0.15, -0.1) is 11.3 Å². The van der Waals surface area contributed by atoms with Crippen molar-refractivity contribution in [3.63, 3.8) is 0 Å². The molecule has 0 amide bonds. The number of hydrogen-bond acceptors (Lipinski definition) is 3. The highest BCUT2D eigenvalue weighted by atomic mass is 32.1. The van der Waals surface area contributed by atoms with Crippen molar-refractivity contribution in [3.8, 4) is 11.3 Å². The molecule has 3 rings (SSSR count). The van der Waals surface area contributed by atoms with E-state index in [9.17, 15) is 0 Å². The number of thiazole rings is 1. The maximum absolute atomic E-state index is 5.75. The molecule has 1 aliphatic rings. The molecule has 0 radical (unpaired) electrons. The molecule has 0 atom stereocenters. The first-order valence-electron chi connectivity index (χ1n) is 8.07. The fraction of sp³-hybridized carbons (Fsp3) is 0.500.